The Morgan fingerprint density at radius 1 is 0.577 bits per heavy atom. The van der Waals surface area contributed by atoms with Gasteiger partial charge in [0.15, 0.2) is 0 Å². The number of para-hydroxylation sites is 2. The fraction of sp³-hybridized carbons (Fsp3) is 0.409. The number of rotatable bonds is 6. The van der Waals surface area contributed by atoms with E-state index in [2.05, 4.69) is 47.0 Å². The number of benzene rings is 4. The average molecular weight is 740 g/mol. The van der Waals surface area contributed by atoms with Gasteiger partial charge in [-0.3, -0.25) is 9.59 Å². The van der Waals surface area contributed by atoms with Crippen molar-refractivity contribution in [2.24, 2.45) is 23.7 Å². The SMILES string of the molecule is C[C@@H](C(=O)Nc1ccc(Cl)cc1)C1CCC2(CC1)COc1ccccc12.C[C@H](C(=O)Nc1ccc(Cl)cc1)C1CCC2(CC1)COc1ccccc12. The fourth-order valence-corrected chi connectivity index (χ4v) is 9.12. The summed E-state index contributed by atoms with van der Waals surface area (Å²) in [5.41, 5.74) is 4.63. The molecule has 8 rings (SSSR count). The maximum absolute atomic E-state index is 12.6. The third-order valence-corrected chi connectivity index (χ3v) is 12.9. The summed E-state index contributed by atoms with van der Waals surface area (Å²) >= 11 is 11.8. The van der Waals surface area contributed by atoms with Crippen molar-refractivity contribution in [1.82, 2.24) is 0 Å². The standard InChI is InChI=1S/2C22H24ClNO2/c2*1-15(21(25)24-18-8-6-17(23)7-9-18)16-10-12-22(13-11-16)14-26-20-5-3-2-4-19(20)22/h2*2-9,15-16H,10-14H2,1H3,(H,24,25)/t2*15-,16?,22?/m10/s1. The highest BCUT2D eigenvalue weighted by molar-refractivity contribution is 6.31. The summed E-state index contributed by atoms with van der Waals surface area (Å²) < 4.78 is 11.9. The minimum absolute atomic E-state index is 0.000549. The van der Waals surface area contributed by atoms with Crippen LogP contribution in [-0.4, -0.2) is 25.0 Å². The molecular weight excluding hydrogens is 691 g/mol. The highest BCUT2D eigenvalue weighted by Gasteiger charge is 2.46. The number of amides is 2. The van der Waals surface area contributed by atoms with Gasteiger partial charge in [-0.25, -0.2) is 0 Å². The highest BCUT2D eigenvalue weighted by atomic mass is 35.5. The maximum Gasteiger partial charge on any atom is 0.227 e. The van der Waals surface area contributed by atoms with Gasteiger partial charge in [-0.05, 0) is 124 Å². The smallest absolute Gasteiger partial charge is 0.227 e. The van der Waals surface area contributed by atoms with Crippen molar-refractivity contribution >= 4 is 46.4 Å². The molecule has 52 heavy (non-hydrogen) atoms. The van der Waals surface area contributed by atoms with Gasteiger partial charge in [0.05, 0.1) is 13.2 Å². The van der Waals surface area contributed by atoms with E-state index in [1.807, 2.05) is 50.2 Å². The molecule has 4 aromatic carbocycles. The van der Waals surface area contributed by atoms with Crippen molar-refractivity contribution in [1.29, 1.82) is 0 Å². The number of nitrogens with one attached hydrogen (secondary N) is 2. The molecule has 2 aliphatic carbocycles. The molecule has 2 heterocycles. The largest absolute Gasteiger partial charge is 0.492 e. The number of hydrogen-bond donors (Lipinski definition) is 2. The molecule has 2 spiro atoms. The number of carbonyl (C=O) groups is 2. The lowest BCUT2D eigenvalue weighted by atomic mass is 9.65. The van der Waals surface area contributed by atoms with E-state index in [-0.39, 0.29) is 34.5 Å². The maximum atomic E-state index is 12.6. The first-order valence-corrected chi connectivity index (χ1v) is 19.5. The monoisotopic (exact) mass is 738 g/mol. The molecule has 0 unspecified atom stereocenters. The van der Waals surface area contributed by atoms with Crippen molar-refractivity contribution in [2.45, 2.75) is 76.0 Å². The first kappa shape index (κ1) is 36.4. The van der Waals surface area contributed by atoms with Gasteiger partial charge in [0.25, 0.3) is 0 Å². The van der Waals surface area contributed by atoms with Crippen LogP contribution in [-0.2, 0) is 20.4 Å². The summed E-state index contributed by atoms with van der Waals surface area (Å²) in [4.78, 5) is 25.3. The minimum atomic E-state index is 0.000549. The van der Waals surface area contributed by atoms with Crippen LogP contribution in [0.15, 0.2) is 97.1 Å². The molecule has 0 aromatic heterocycles. The Kier molecular flexibility index (Phi) is 10.9. The first-order chi connectivity index (χ1) is 25.1. The molecule has 2 saturated carbocycles. The van der Waals surface area contributed by atoms with Crippen molar-refractivity contribution in [3.05, 3.63) is 118 Å². The Hall–Kier alpha value is -4.00. The Morgan fingerprint density at radius 3 is 1.29 bits per heavy atom. The van der Waals surface area contributed by atoms with Gasteiger partial charge in [0.1, 0.15) is 11.5 Å². The summed E-state index contributed by atoms with van der Waals surface area (Å²) in [5.74, 6) is 3.11. The molecule has 2 fully saturated rings. The van der Waals surface area contributed by atoms with Gasteiger partial charge in [-0.15, -0.1) is 0 Å². The average Bonchev–Trinajstić information content (AvgIpc) is 3.72. The molecule has 2 atom stereocenters. The van der Waals surface area contributed by atoms with E-state index in [1.165, 1.54) is 11.1 Å². The van der Waals surface area contributed by atoms with Crippen LogP contribution in [0.2, 0.25) is 10.0 Å². The molecule has 8 heteroatoms. The van der Waals surface area contributed by atoms with E-state index in [9.17, 15) is 9.59 Å². The molecule has 4 aliphatic rings. The van der Waals surface area contributed by atoms with Crippen LogP contribution in [0.25, 0.3) is 0 Å². The second-order valence-electron chi connectivity index (χ2n) is 15.4. The topological polar surface area (TPSA) is 76.7 Å². The van der Waals surface area contributed by atoms with Crippen molar-refractivity contribution in [3.8, 4) is 11.5 Å². The molecule has 0 saturated heterocycles. The molecule has 0 bridgehead atoms. The lowest BCUT2D eigenvalue weighted by Crippen LogP contribution is -2.37. The van der Waals surface area contributed by atoms with Gasteiger partial charge < -0.3 is 20.1 Å². The molecule has 2 aliphatic heterocycles. The fourth-order valence-electron chi connectivity index (χ4n) is 8.87. The first-order valence-electron chi connectivity index (χ1n) is 18.7. The molecular formula is C44H48Cl2N2O4. The van der Waals surface area contributed by atoms with E-state index in [4.69, 9.17) is 32.7 Å². The van der Waals surface area contributed by atoms with Crippen molar-refractivity contribution in [2.75, 3.05) is 23.8 Å². The van der Waals surface area contributed by atoms with E-state index in [0.29, 0.717) is 21.9 Å². The number of fused-ring (bicyclic) bond motifs is 4. The molecule has 2 N–H and O–H groups in total. The van der Waals surface area contributed by atoms with Gasteiger partial charge in [0.2, 0.25) is 11.8 Å². The van der Waals surface area contributed by atoms with E-state index < -0.39 is 0 Å². The van der Waals surface area contributed by atoms with Crippen LogP contribution in [0.4, 0.5) is 11.4 Å². The molecule has 0 radical (unpaired) electrons. The molecule has 4 aromatic rings. The minimum Gasteiger partial charge on any atom is -0.492 e. The third-order valence-electron chi connectivity index (χ3n) is 12.4. The van der Waals surface area contributed by atoms with Crippen molar-refractivity contribution in [3.63, 3.8) is 0 Å². The second-order valence-corrected chi connectivity index (χ2v) is 16.2. The quantitative estimate of drug-likeness (QED) is 0.206. The van der Waals surface area contributed by atoms with Crippen LogP contribution in [0.1, 0.15) is 76.3 Å². The molecule has 6 nitrogen and oxygen atoms in total. The summed E-state index contributed by atoms with van der Waals surface area (Å²) in [7, 11) is 0. The number of anilines is 2. The Morgan fingerprint density at radius 2 is 0.923 bits per heavy atom. The van der Waals surface area contributed by atoms with Gasteiger partial charge in [-0.2, -0.15) is 0 Å². The van der Waals surface area contributed by atoms with E-state index in [0.717, 1.165) is 87.5 Å². The summed E-state index contributed by atoms with van der Waals surface area (Å²) in [6.07, 6.45) is 8.61. The van der Waals surface area contributed by atoms with Crippen LogP contribution in [0.3, 0.4) is 0 Å². The summed E-state index contributed by atoms with van der Waals surface area (Å²) in [6.45, 7) is 5.66. The van der Waals surface area contributed by atoms with Crippen LogP contribution in [0, 0.1) is 23.7 Å². The van der Waals surface area contributed by atoms with Gasteiger partial charge >= 0.3 is 0 Å². The number of hydrogen-bond acceptors (Lipinski definition) is 4. The lowest BCUT2D eigenvalue weighted by molar-refractivity contribution is -0.122. The van der Waals surface area contributed by atoms with E-state index in [1.54, 1.807) is 24.3 Å². The third kappa shape index (κ3) is 7.70. The number of halogens is 2. The second kappa shape index (κ2) is 15.5. The summed E-state index contributed by atoms with van der Waals surface area (Å²) in [5, 5.41) is 7.39. The zero-order valence-corrected chi connectivity index (χ0v) is 31.5. The van der Waals surface area contributed by atoms with Gasteiger partial charge in [-0.1, -0.05) is 73.4 Å². The van der Waals surface area contributed by atoms with E-state index >= 15 is 0 Å². The summed E-state index contributed by atoms with van der Waals surface area (Å²) in [6, 6.07) is 31.4. The Labute approximate surface area is 317 Å². The van der Waals surface area contributed by atoms with Crippen LogP contribution in [0.5, 0.6) is 11.5 Å². The zero-order chi connectivity index (χ0) is 36.3. The lowest BCUT2D eigenvalue weighted by Gasteiger charge is -2.38. The Bertz CT molecular complexity index is 1730. The van der Waals surface area contributed by atoms with Gasteiger partial charge in [0, 0.05) is 55.2 Å². The number of carbonyl (C=O) groups excluding carboxylic acids is 2. The normalized spacial score (nSPS) is 25.4. The van der Waals surface area contributed by atoms with Crippen LogP contribution >= 0.6 is 23.2 Å². The highest BCUT2D eigenvalue weighted by Crippen LogP contribution is 2.51. The molecule has 2 amide bonds. The Balaban J connectivity index is 0.000000162. The predicted octanol–water partition coefficient (Wildman–Crippen LogP) is 10.9. The molecule has 272 valence electrons. The zero-order valence-electron chi connectivity index (χ0n) is 30.0. The number of ether oxygens (including phenoxy) is 2. The van der Waals surface area contributed by atoms with Crippen molar-refractivity contribution < 1.29 is 19.1 Å². The predicted molar refractivity (Wildman–Crippen MR) is 210 cm³/mol. The van der Waals surface area contributed by atoms with Crippen LogP contribution < -0.4 is 20.1 Å².